The molecule has 6 atom stereocenters. The molecular weight excluding hydrogens is 288 g/mol. The number of hydrogen-bond donors (Lipinski definition) is 1. The zero-order valence-corrected chi connectivity index (χ0v) is 14.1. The summed E-state index contributed by atoms with van der Waals surface area (Å²) in [6.07, 6.45) is 6.48. The zero-order valence-electron chi connectivity index (χ0n) is 14.1. The minimum Gasteiger partial charge on any atom is -0.393 e. The first-order valence-corrected chi connectivity index (χ1v) is 8.93. The zero-order chi connectivity index (χ0) is 16.6. The first-order chi connectivity index (χ1) is 10.8. The van der Waals surface area contributed by atoms with Crippen LogP contribution in [0, 0.1) is 28.6 Å². The van der Waals surface area contributed by atoms with Crippen molar-refractivity contribution in [1.29, 1.82) is 0 Å². The molecule has 0 aromatic heterocycles. The first kappa shape index (κ1) is 15.3. The smallest absolute Gasteiger partial charge is 0.181 e. The van der Waals surface area contributed by atoms with E-state index in [4.69, 9.17) is 0 Å². The number of fused-ring (bicyclic) bond motifs is 5. The van der Waals surface area contributed by atoms with E-state index in [2.05, 4.69) is 20.4 Å². The van der Waals surface area contributed by atoms with Crippen LogP contribution in [0.25, 0.3) is 0 Å². The maximum Gasteiger partial charge on any atom is 0.181 e. The molecule has 0 bridgehead atoms. The van der Waals surface area contributed by atoms with Crippen molar-refractivity contribution < 1.29 is 14.7 Å². The van der Waals surface area contributed by atoms with Gasteiger partial charge in [0.1, 0.15) is 0 Å². The van der Waals surface area contributed by atoms with Crippen molar-refractivity contribution in [3.63, 3.8) is 0 Å². The Balaban J connectivity index is 1.77. The average Bonchev–Trinajstić information content (AvgIpc) is 2.78. The maximum atomic E-state index is 12.8. The van der Waals surface area contributed by atoms with Crippen LogP contribution in [0.2, 0.25) is 0 Å². The Bertz CT molecular complexity index is 645. The second-order valence-electron chi connectivity index (χ2n) is 8.76. The third kappa shape index (κ3) is 1.86. The van der Waals surface area contributed by atoms with E-state index in [0.29, 0.717) is 36.2 Å². The fraction of sp³-hybridized carbons (Fsp3) is 0.700. The molecule has 124 valence electrons. The van der Waals surface area contributed by atoms with E-state index in [1.54, 1.807) is 6.08 Å². The summed E-state index contributed by atoms with van der Waals surface area (Å²) in [5.74, 6) is 1.30. The molecule has 3 fully saturated rings. The van der Waals surface area contributed by atoms with Crippen molar-refractivity contribution in [3.05, 3.63) is 23.8 Å². The Hall–Kier alpha value is -1.22. The molecule has 4 rings (SSSR count). The molecule has 3 nitrogen and oxygen atoms in total. The van der Waals surface area contributed by atoms with E-state index in [-0.39, 0.29) is 28.5 Å². The van der Waals surface area contributed by atoms with Crippen LogP contribution in [0.5, 0.6) is 0 Å². The summed E-state index contributed by atoms with van der Waals surface area (Å²) in [5.41, 5.74) is 1.13. The first-order valence-electron chi connectivity index (χ1n) is 8.93. The van der Waals surface area contributed by atoms with Crippen LogP contribution in [-0.2, 0) is 9.59 Å². The minimum atomic E-state index is -0.236. The summed E-state index contributed by atoms with van der Waals surface area (Å²) < 4.78 is 0. The predicted octanol–water partition coefficient (Wildman–Crippen LogP) is 3.22. The Morgan fingerprint density at radius 1 is 1.17 bits per heavy atom. The Morgan fingerprint density at radius 2 is 1.91 bits per heavy atom. The van der Waals surface area contributed by atoms with Crippen LogP contribution >= 0.6 is 0 Å². The van der Waals surface area contributed by atoms with Gasteiger partial charge in [-0.2, -0.15) is 0 Å². The standard InChI is InChI=1S/C20H26O3/c1-11-10-20(3)14-6-7-19(2)13(4-5-18(19)23)12(14)8-17(22)15(20)9-16(11)21/h9,12-14,18,23H,1,4-8,10H2,2-3H3/t12-,13-,14-,18-,19-,20+/m0/s1. The molecule has 4 aliphatic carbocycles. The van der Waals surface area contributed by atoms with Gasteiger partial charge >= 0.3 is 0 Å². The van der Waals surface area contributed by atoms with Crippen molar-refractivity contribution in [2.24, 2.45) is 28.6 Å². The van der Waals surface area contributed by atoms with E-state index in [9.17, 15) is 14.7 Å². The van der Waals surface area contributed by atoms with Gasteiger partial charge in [-0.25, -0.2) is 0 Å². The molecule has 0 amide bonds. The summed E-state index contributed by atoms with van der Waals surface area (Å²) in [6, 6.07) is 0. The maximum absolute atomic E-state index is 12.8. The topological polar surface area (TPSA) is 54.4 Å². The number of allylic oxidation sites excluding steroid dienone is 2. The number of ketones is 2. The van der Waals surface area contributed by atoms with Gasteiger partial charge in [0.15, 0.2) is 11.6 Å². The van der Waals surface area contributed by atoms with Gasteiger partial charge in [0.05, 0.1) is 6.10 Å². The highest BCUT2D eigenvalue weighted by molar-refractivity contribution is 6.12. The molecule has 4 aliphatic rings. The molecule has 3 heteroatoms. The second kappa shape index (κ2) is 4.66. The second-order valence-corrected chi connectivity index (χ2v) is 8.76. The molecule has 23 heavy (non-hydrogen) atoms. The van der Waals surface area contributed by atoms with Crippen LogP contribution < -0.4 is 0 Å². The van der Waals surface area contributed by atoms with Gasteiger partial charge in [-0.05, 0) is 66.9 Å². The molecule has 0 unspecified atom stereocenters. The van der Waals surface area contributed by atoms with Crippen molar-refractivity contribution in [3.8, 4) is 0 Å². The lowest BCUT2D eigenvalue weighted by molar-refractivity contribution is -0.131. The molecule has 1 N–H and O–H groups in total. The van der Waals surface area contributed by atoms with Crippen LogP contribution in [0.4, 0.5) is 0 Å². The normalized spacial score (nSPS) is 49.3. The van der Waals surface area contributed by atoms with Crippen LogP contribution in [0.15, 0.2) is 23.8 Å². The number of aliphatic hydroxyl groups excluding tert-OH is 1. The van der Waals surface area contributed by atoms with Gasteiger partial charge in [0, 0.05) is 17.4 Å². The molecular formula is C20H26O3. The van der Waals surface area contributed by atoms with Crippen LogP contribution in [0.3, 0.4) is 0 Å². The van der Waals surface area contributed by atoms with Gasteiger partial charge in [0.2, 0.25) is 0 Å². The van der Waals surface area contributed by atoms with Crippen LogP contribution in [-0.4, -0.2) is 22.8 Å². The lowest BCUT2D eigenvalue weighted by Gasteiger charge is -2.57. The molecule has 0 saturated heterocycles. The quantitative estimate of drug-likeness (QED) is 0.698. The van der Waals surface area contributed by atoms with Gasteiger partial charge < -0.3 is 5.11 Å². The highest BCUT2D eigenvalue weighted by Gasteiger charge is 2.60. The van der Waals surface area contributed by atoms with Crippen molar-refractivity contribution >= 4 is 11.6 Å². The number of Topliss-reactive ketones (excluding diaryl/α,β-unsaturated/α-hetero) is 1. The van der Waals surface area contributed by atoms with E-state index < -0.39 is 0 Å². The summed E-state index contributed by atoms with van der Waals surface area (Å²) >= 11 is 0. The van der Waals surface area contributed by atoms with E-state index in [0.717, 1.165) is 31.3 Å². The molecule has 0 aromatic rings. The van der Waals surface area contributed by atoms with Gasteiger partial charge in [0.25, 0.3) is 0 Å². The Kier molecular flexibility index (Phi) is 3.10. The Labute approximate surface area is 137 Å². The highest BCUT2D eigenvalue weighted by atomic mass is 16.3. The monoisotopic (exact) mass is 314 g/mol. The third-order valence-corrected chi connectivity index (χ3v) is 7.75. The van der Waals surface area contributed by atoms with Crippen LogP contribution in [0.1, 0.15) is 52.4 Å². The number of hydrogen-bond acceptors (Lipinski definition) is 3. The SMILES string of the molecule is C=C1C[C@@]2(C)C(=CC1=O)C(=O)C[C@H]1[C@@H]3CC[C@H](O)[C@@]3(C)CC[C@@H]12. The van der Waals surface area contributed by atoms with E-state index >= 15 is 0 Å². The molecule has 0 radical (unpaired) electrons. The molecule has 3 saturated carbocycles. The van der Waals surface area contributed by atoms with E-state index in [1.807, 2.05) is 0 Å². The molecule has 0 spiro atoms. The molecule has 0 aliphatic heterocycles. The summed E-state index contributed by atoms with van der Waals surface area (Å²) in [4.78, 5) is 24.8. The van der Waals surface area contributed by atoms with Crippen molar-refractivity contribution in [2.45, 2.75) is 58.5 Å². The van der Waals surface area contributed by atoms with Gasteiger partial charge in [-0.1, -0.05) is 20.4 Å². The number of carbonyl (C=O) groups excluding carboxylic acids is 2. The van der Waals surface area contributed by atoms with Crippen molar-refractivity contribution in [1.82, 2.24) is 0 Å². The third-order valence-electron chi connectivity index (χ3n) is 7.75. The summed E-state index contributed by atoms with van der Waals surface area (Å²) in [6.45, 7) is 8.32. The predicted molar refractivity (Wildman–Crippen MR) is 87.6 cm³/mol. The van der Waals surface area contributed by atoms with Crippen molar-refractivity contribution in [2.75, 3.05) is 0 Å². The average molecular weight is 314 g/mol. The minimum absolute atomic E-state index is 0.0273. The van der Waals surface area contributed by atoms with Gasteiger partial charge in [-0.3, -0.25) is 9.59 Å². The summed E-state index contributed by atoms with van der Waals surface area (Å²) in [5, 5.41) is 10.5. The van der Waals surface area contributed by atoms with E-state index in [1.165, 1.54) is 0 Å². The fourth-order valence-corrected chi connectivity index (χ4v) is 6.41. The van der Waals surface area contributed by atoms with Gasteiger partial charge in [-0.15, -0.1) is 0 Å². The lowest BCUT2D eigenvalue weighted by atomic mass is 9.47. The highest BCUT2D eigenvalue weighted by Crippen LogP contribution is 2.64. The Morgan fingerprint density at radius 3 is 2.65 bits per heavy atom. The number of aliphatic hydroxyl groups is 1. The molecule has 0 heterocycles. The number of rotatable bonds is 0. The summed E-state index contributed by atoms with van der Waals surface area (Å²) in [7, 11) is 0. The number of carbonyl (C=O) groups is 2. The fourth-order valence-electron chi connectivity index (χ4n) is 6.41. The molecule has 0 aromatic carbocycles. The largest absolute Gasteiger partial charge is 0.393 e. The lowest BCUT2D eigenvalue weighted by Crippen LogP contribution is -2.53.